The Balaban J connectivity index is 1.56. The number of nitrogens with one attached hydrogen (secondary N) is 1. The molecule has 1 aliphatic heterocycles. The molecular formula is C21H17N3O3. The molecule has 1 aliphatic rings. The molecule has 0 aliphatic carbocycles. The van der Waals surface area contributed by atoms with Crippen LogP contribution in [0.4, 0.5) is 0 Å². The van der Waals surface area contributed by atoms with E-state index in [2.05, 4.69) is 10.5 Å². The molecule has 0 spiro atoms. The lowest BCUT2D eigenvalue weighted by Crippen LogP contribution is -2.42. The molecule has 0 aromatic heterocycles. The highest BCUT2D eigenvalue weighted by atomic mass is 16.7. The van der Waals surface area contributed by atoms with Crippen LogP contribution in [0.3, 0.4) is 0 Å². The van der Waals surface area contributed by atoms with Crippen molar-refractivity contribution in [2.45, 2.75) is 0 Å². The number of para-hydroxylation sites is 3. The largest absolute Gasteiger partial charge is 0.439 e. The first-order valence-corrected chi connectivity index (χ1v) is 8.41. The smallest absolute Gasteiger partial charge is 0.247 e. The summed E-state index contributed by atoms with van der Waals surface area (Å²) in [4.78, 5) is 5.73. The van der Waals surface area contributed by atoms with Crippen molar-refractivity contribution in [3.8, 4) is 17.2 Å². The Morgan fingerprint density at radius 3 is 1.74 bits per heavy atom. The van der Waals surface area contributed by atoms with Gasteiger partial charge in [-0.3, -0.25) is 0 Å². The molecule has 0 fully saturated rings. The van der Waals surface area contributed by atoms with E-state index in [-0.39, 0.29) is 0 Å². The molecule has 0 bridgehead atoms. The molecule has 134 valence electrons. The topological polar surface area (TPSA) is 55.3 Å². The van der Waals surface area contributed by atoms with E-state index in [4.69, 9.17) is 14.3 Å². The minimum atomic E-state index is 0.321. The van der Waals surface area contributed by atoms with Crippen LogP contribution < -0.4 is 19.7 Å². The van der Waals surface area contributed by atoms with Crippen LogP contribution >= 0.6 is 0 Å². The highest BCUT2D eigenvalue weighted by molar-refractivity contribution is 5.90. The Morgan fingerprint density at radius 1 is 0.630 bits per heavy atom. The van der Waals surface area contributed by atoms with E-state index in [1.54, 1.807) is 6.08 Å². The van der Waals surface area contributed by atoms with Crippen molar-refractivity contribution in [2.24, 2.45) is 5.10 Å². The van der Waals surface area contributed by atoms with Gasteiger partial charge in [0.15, 0.2) is 5.75 Å². The number of ether oxygens (including phenoxy) is 2. The van der Waals surface area contributed by atoms with Crippen LogP contribution in [0.15, 0.2) is 108 Å². The second-order valence-corrected chi connectivity index (χ2v) is 5.57. The quantitative estimate of drug-likeness (QED) is 0.743. The highest BCUT2D eigenvalue weighted by Gasteiger charge is 2.18. The predicted octanol–water partition coefficient (Wildman–Crippen LogP) is 4.11. The van der Waals surface area contributed by atoms with Crippen molar-refractivity contribution < 1.29 is 14.3 Å². The second-order valence-electron chi connectivity index (χ2n) is 5.57. The number of benzene rings is 3. The minimum Gasteiger partial charge on any atom is -0.439 e. The van der Waals surface area contributed by atoms with E-state index in [1.807, 2.05) is 91.0 Å². The van der Waals surface area contributed by atoms with Gasteiger partial charge >= 0.3 is 0 Å². The van der Waals surface area contributed by atoms with Gasteiger partial charge in [-0.2, -0.15) is 0 Å². The third-order valence-corrected chi connectivity index (χ3v) is 3.52. The van der Waals surface area contributed by atoms with E-state index in [1.165, 1.54) is 5.28 Å². The Hall–Kier alpha value is -3.93. The molecule has 1 heterocycles. The van der Waals surface area contributed by atoms with Crippen LogP contribution in [-0.2, 0) is 0 Å². The monoisotopic (exact) mass is 359 g/mol. The summed E-state index contributed by atoms with van der Waals surface area (Å²) in [6.07, 6.45) is 1.66. The van der Waals surface area contributed by atoms with Crippen LogP contribution in [0.1, 0.15) is 0 Å². The maximum absolute atomic E-state index is 5.86. The van der Waals surface area contributed by atoms with Gasteiger partial charge in [0.05, 0.1) is 6.08 Å². The van der Waals surface area contributed by atoms with Gasteiger partial charge in [-0.15, -0.1) is 0 Å². The zero-order valence-corrected chi connectivity index (χ0v) is 14.4. The number of hydrazine groups is 1. The predicted molar refractivity (Wildman–Crippen MR) is 102 cm³/mol. The van der Waals surface area contributed by atoms with Crippen molar-refractivity contribution in [2.75, 3.05) is 0 Å². The molecule has 0 radical (unpaired) electrons. The number of rotatable bonds is 5. The average Bonchev–Trinajstić information content (AvgIpc) is 2.70. The lowest BCUT2D eigenvalue weighted by molar-refractivity contribution is -0.107. The summed E-state index contributed by atoms with van der Waals surface area (Å²) in [6.45, 7) is 0. The van der Waals surface area contributed by atoms with Crippen molar-refractivity contribution in [1.82, 2.24) is 10.7 Å². The van der Waals surface area contributed by atoms with Gasteiger partial charge in [-0.05, 0) is 41.7 Å². The summed E-state index contributed by atoms with van der Waals surface area (Å²) in [5.74, 6) is 2.69. The van der Waals surface area contributed by atoms with Crippen molar-refractivity contribution in [3.05, 3.63) is 103 Å². The molecule has 0 amide bonds. The molecule has 1 N–H and O–H groups in total. The molecule has 3 aromatic carbocycles. The molecule has 0 unspecified atom stereocenters. The maximum Gasteiger partial charge on any atom is 0.247 e. The normalized spacial score (nSPS) is 13.1. The van der Waals surface area contributed by atoms with Crippen LogP contribution in [0.5, 0.6) is 17.2 Å². The molecule has 6 heteroatoms. The number of hydrogen-bond acceptors (Lipinski definition) is 6. The van der Waals surface area contributed by atoms with Crippen molar-refractivity contribution in [3.63, 3.8) is 0 Å². The van der Waals surface area contributed by atoms with Gasteiger partial charge in [-0.25, -0.2) is 5.43 Å². The van der Waals surface area contributed by atoms with E-state index in [0.717, 1.165) is 0 Å². The van der Waals surface area contributed by atoms with E-state index in [0.29, 0.717) is 29.0 Å². The molecular weight excluding hydrogens is 342 g/mol. The van der Waals surface area contributed by atoms with Gasteiger partial charge in [0, 0.05) is 0 Å². The van der Waals surface area contributed by atoms with Gasteiger partial charge in [0.1, 0.15) is 11.5 Å². The van der Waals surface area contributed by atoms with Crippen molar-refractivity contribution in [1.29, 1.82) is 0 Å². The average molecular weight is 359 g/mol. The zero-order chi connectivity index (χ0) is 18.3. The van der Waals surface area contributed by atoms with E-state index >= 15 is 0 Å². The van der Waals surface area contributed by atoms with Gasteiger partial charge < -0.3 is 14.3 Å². The number of hydrazone groups is 1. The summed E-state index contributed by atoms with van der Waals surface area (Å²) >= 11 is 0. The molecule has 3 aromatic rings. The Labute approximate surface area is 156 Å². The van der Waals surface area contributed by atoms with Crippen LogP contribution in [-0.4, -0.2) is 11.2 Å². The number of hydrogen-bond donors (Lipinski definition) is 1. The zero-order valence-electron chi connectivity index (χ0n) is 14.4. The highest BCUT2D eigenvalue weighted by Crippen LogP contribution is 2.17. The fourth-order valence-corrected chi connectivity index (χ4v) is 2.33. The summed E-state index contributed by atoms with van der Waals surface area (Å²) < 4.78 is 11.7. The Bertz CT molecular complexity index is 929. The fourth-order valence-electron chi connectivity index (χ4n) is 2.33. The third-order valence-electron chi connectivity index (χ3n) is 3.52. The lowest BCUT2D eigenvalue weighted by Gasteiger charge is -2.25. The van der Waals surface area contributed by atoms with Crippen molar-refractivity contribution >= 4 is 5.90 Å². The summed E-state index contributed by atoms with van der Waals surface area (Å²) in [7, 11) is 0. The Kier molecular flexibility index (Phi) is 4.88. The Morgan fingerprint density at radius 2 is 1.15 bits per heavy atom. The fraction of sp³-hybridized carbons (Fsp3) is 0. The maximum atomic E-state index is 5.86. The lowest BCUT2D eigenvalue weighted by atomic mass is 10.3. The molecule has 0 saturated heterocycles. The van der Waals surface area contributed by atoms with Crippen LogP contribution in [0.2, 0.25) is 0 Å². The van der Waals surface area contributed by atoms with Gasteiger partial charge in [-0.1, -0.05) is 59.7 Å². The minimum absolute atomic E-state index is 0.321. The summed E-state index contributed by atoms with van der Waals surface area (Å²) in [5, 5.41) is 5.50. The first kappa shape index (κ1) is 16.5. The van der Waals surface area contributed by atoms with Gasteiger partial charge in [0.25, 0.3) is 0 Å². The third kappa shape index (κ3) is 4.58. The summed E-state index contributed by atoms with van der Waals surface area (Å²) in [5.41, 5.74) is 2.95. The molecule has 0 atom stereocenters. The van der Waals surface area contributed by atoms with E-state index in [9.17, 15) is 0 Å². The van der Waals surface area contributed by atoms with Gasteiger partial charge in [0.2, 0.25) is 11.8 Å². The standard InChI is InChI=1S/C21H17N3O3/c1-4-10-17(11-5-1)25-20-16-21(26-18-12-6-2-7-13-18)23-24(22-20)27-19-14-8-3-9-15-19/h1-16,22H. The molecule has 4 rings (SSSR count). The molecule has 27 heavy (non-hydrogen) atoms. The molecule has 6 nitrogen and oxygen atoms in total. The van der Waals surface area contributed by atoms with Crippen LogP contribution in [0.25, 0.3) is 0 Å². The second kappa shape index (κ2) is 7.97. The first-order valence-electron chi connectivity index (χ1n) is 8.41. The summed E-state index contributed by atoms with van der Waals surface area (Å²) in [6, 6.07) is 28.1. The SMILES string of the molecule is C1=C(Oc2ccccc2)NN(Oc2ccccc2)N=C1Oc1ccccc1. The van der Waals surface area contributed by atoms with Crippen LogP contribution in [0, 0.1) is 0 Å². The first-order chi connectivity index (χ1) is 13.3. The number of nitrogens with zero attached hydrogens (tertiary/aromatic N) is 2. The molecule has 0 saturated carbocycles. The van der Waals surface area contributed by atoms with E-state index < -0.39 is 0 Å².